The van der Waals surface area contributed by atoms with E-state index in [4.69, 9.17) is 15.9 Å². The summed E-state index contributed by atoms with van der Waals surface area (Å²) in [6.07, 6.45) is -1.83. The van der Waals surface area contributed by atoms with Gasteiger partial charge in [0.2, 0.25) is 5.78 Å². The van der Waals surface area contributed by atoms with Crippen molar-refractivity contribution >= 4 is 22.9 Å². The van der Waals surface area contributed by atoms with Gasteiger partial charge < -0.3 is 21.1 Å². The van der Waals surface area contributed by atoms with Gasteiger partial charge in [0.05, 0.1) is 17.9 Å². The summed E-state index contributed by atoms with van der Waals surface area (Å²) < 4.78 is 44.1. The van der Waals surface area contributed by atoms with E-state index in [0.717, 1.165) is 18.3 Å². The number of nitrogens with one attached hydrogen (secondary N) is 3. The summed E-state index contributed by atoms with van der Waals surface area (Å²) in [5.74, 6) is -0.984. The summed E-state index contributed by atoms with van der Waals surface area (Å²) in [7, 11) is 0. The molecule has 1 atom stereocenters. The van der Waals surface area contributed by atoms with Gasteiger partial charge in [0.1, 0.15) is 5.71 Å². The van der Waals surface area contributed by atoms with E-state index in [-0.39, 0.29) is 23.8 Å². The van der Waals surface area contributed by atoms with Crippen LogP contribution in [0.3, 0.4) is 0 Å². The topological polar surface area (TPSA) is 100 Å². The highest BCUT2D eigenvalue weighted by molar-refractivity contribution is 6.50. The molecule has 0 amide bonds. The smallest absolute Gasteiger partial charge is 0.416 e. The molecule has 0 bridgehead atoms. The van der Waals surface area contributed by atoms with Crippen LogP contribution in [0, 0.1) is 5.41 Å². The van der Waals surface area contributed by atoms with Gasteiger partial charge in [0, 0.05) is 23.6 Å². The van der Waals surface area contributed by atoms with Crippen molar-refractivity contribution in [3.63, 3.8) is 0 Å². The Bertz CT molecular complexity index is 1000. The number of halogens is 3. The first-order valence-corrected chi connectivity index (χ1v) is 9.81. The number of hydrogen-bond donors (Lipinski definition) is 4. The van der Waals surface area contributed by atoms with Crippen LogP contribution in [0.4, 0.5) is 24.5 Å². The highest BCUT2D eigenvalue weighted by Crippen LogP contribution is 2.30. The van der Waals surface area contributed by atoms with E-state index in [1.807, 2.05) is 6.07 Å². The van der Waals surface area contributed by atoms with Gasteiger partial charge in [-0.05, 0) is 50.3 Å². The largest absolute Gasteiger partial charge is 0.488 e. The number of rotatable bonds is 10. The van der Waals surface area contributed by atoms with Crippen LogP contribution in [0.2, 0.25) is 0 Å². The number of allylic oxidation sites excluding steroid dienone is 2. The fourth-order valence-electron chi connectivity index (χ4n) is 2.64. The molecule has 0 heterocycles. The number of nitrogens with two attached hydrogens (primary N) is 1. The second kappa shape index (κ2) is 11.1. The summed E-state index contributed by atoms with van der Waals surface area (Å²) in [6, 6.07) is 13.0. The Kier molecular flexibility index (Phi) is 8.60. The Labute approximate surface area is 184 Å². The van der Waals surface area contributed by atoms with Gasteiger partial charge in [-0.15, -0.1) is 0 Å². The first-order chi connectivity index (χ1) is 15.1. The van der Waals surface area contributed by atoms with Crippen molar-refractivity contribution in [2.45, 2.75) is 26.1 Å². The molecule has 9 heteroatoms. The quantitative estimate of drug-likeness (QED) is 0.236. The fraction of sp³-hybridized carbons (Fsp3) is 0.217. The fourth-order valence-corrected chi connectivity index (χ4v) is 2.64. The number of ketones is 1. The molecule has 0 saturated carbocycles. The zero-order valence-corrected chi connectivity index (χ0v) is 17.7. The lowest BCUT2D eigenvalue weighted by atomic mass is 10.1. The van der Waals surface area contributed by atoms with E-state index in [0.29, 0.717) is 5.69 Å². The minimum atomic E-state index is -4.50. The van der Waals surface area contributed by atoms with Crippen molar-refractivity contribution in [3.8, 4) is 0 Å². The van der Waals surface area contributed by atoms with Crippen LogP contribution in [0.5, 0.6) is 0 Å². The minimum Gasteiger partial charge on any atom is -0.488 e. The highest BCUT2D eigenvalue weighted by atomic mass is 19.4. The van der Waals surface area contributed by atoms with Crippen LogP contribution in [-0.2, 0) is 15.7 Å². The zero-order chi connectivity index (χ0) is 23.7. The molecule has 0 spiro atoms. The average molecular weight is 446 g/mol. The summed E-state index contributed by atoms with van der Waals surface area (Å²) in [6.45, 7) is 3.46. The third-order valence-electron chi connectivity index (χ3n) is 4.06. The number of hydrogen-bond acceptors (Lipinski definition) is 6. The summed E-state index contributed by atoms with van der Waals surface area (Å²) in [5, 5.41) is 14.0. The molecule has 6 nitrogen and oxygen atoms in total. The van der Waals surface area contributed by atoms with Gasteiger partial charge in [0.15, 0.2) is 5.76 Å². The molecule has 32 heavy (non-hydrogen) atoms. The molecule has 2 rings (SSSR count). The van der Waals surface area contributed by atoms with E-state index in [2.05, 4.69) is 10.6 Å². The van der Waals surface area contributed by atoms with Crippen LogP contribution in [0.15, 0.2) is 78.3 Å². The van der Waals surface area contributed by atoms with Crippen molar-refractivity contribution in [2.24, 2.45) is 5.73 Å². The van der Waals surface area contributed by atoms with Crippen molar-refractivity contribution in [3.05, 3.63) is 83.9 Å². The molecule has 0 radical (unpaired) electrons. The van der Waals surface area contributed by atoms with E-state index < -0.39 is 29.3 Å². The van der Waals surface area contributed by atoms with Crippen molar-refractivity contribution < 1.29 is 22.7 Å². The summed E-state index contributed by atoms with van der Waals surface area (Å²) in [4.78, 5) is 12.9. The highest BCUT2D eigenvalue weighted by Gasteiger charge is 2.30. The number of carbonyl (C=O) groups is 1. The van der Waals surface area contributed by atoms with Gasteiger partial charge in [-0.3, -0.25) is 10.2 Å². The van der Waals surface area contributed by atoms with Gasteiger partial charge in [-0.25, -0.2) is 0 Å². The molecule has 1 unspecified atom stereocenters. The van der Waals surface area contributed by atoms with E-state index in [9.17, 15) is 18.0 Å². The third kappa shape index (κ3) is 7.28. The van der Waals surface area contributed by atoms with Gasteiger partial charge in [0.25, 0.3) is 0 Å². The molecule has 0 aromatic heterocycles. The maximum atomic E-state index is 12.9. The number of para-hydroxylation sites is 1. The second-order valence-electron chi connectivity index (χ2n) is 6.80. The van der Waals surface area contributed by atoms with Crippen LogP contribution in [0.1, 0.15) is 19.4 Å². The third-order valence-corrected chi connectivity index (χ3v) is 4.06. The van der Waals surface area contributed by atoms with Crippen molar-refractivity contribution in [1.82, 2.24) is 0 Å². The van der Waals surface area contributed by atoms with Crippen molar-refractivity contribution in [2.75, 3.05) is 17.2 Å². The number of alkyl halides is 3. The molecule has 0 fully saturated rings. The van der Waals surface area contributed by atoms with Gasteiger partial charge in [-0.2, -0.15) is 13.2 Å². The molecule has 170 valence electrons. The maximum absolute atomic E-state index is 12.9. The minimum absolute atomic E-state index is 0.116. The maximum Gasteiger partial charge on any atom is 0.416 e. The summed E-state index contributed by atoms with van der Waals surface area (Å²) >= 11 is 0. The number of carbonyl (C=O) groups excluding carboxylic acids is 1. The molecular weight excluding hydrogens is 421 g/mol. The molecule has 0 aliphatic rings. The predicted octanol–water partition coefficient (Wildman–Crippen LogP) is 4.93. The lowest BCUT2D eigenvalue weighted by molar-refractivity contribution is -0.137. The molecule has 2 aromatic rings. The molecule has 5 N–H and O–H groups in total. The van der Waals surface area contributed by atoms with Crippen LogP contribution < -0.4 is 16.4 Å². The van der Waals surface area contributed by atoms with Gasteiger partial charge in [-0.1, -0.05) is 24.3 Å². The first-order valence-electron chi connectivity index (χ1n) is 9.81. The Morgan fingerprint density at radius 2 is 1.81 bits per heavy atom. The SMILES string of the molecule is CCO/C(=C/Nc1cccc(C(F)(F)F)c1)C(=O)C(=N)/C(=C/C(C)N)Nc1ccccc1. The predicted molar refractivity (Wildman–Crippen MR) is 119 cm³/mol. The van der Waals surface area contributed by atoms with Crippen LogP contribution in [0.25, 0.3) is 0 Å². The van der Waals surface area contributed by atoms with E-state index in [1.165, 1.54) is 18.2 Å². The normalized spacial score (nSPS) is 13.3. The molecule has 0 aliphatic carbocycles. The van der Waals surface area contributed by atoms with Crippen molar-refractivity contribution in [1.29, 1.82) is 5.41 Å². The Hall–Kier alpha value is -3.59. The number of ether oxygens (including phenoxy) is 1. The van der Waals surface area contributed by atoms with Crippen LogP contribution >= 0.6 is 0 Å². The van der Waals surface area contributed by atoms with Gasteiger partial charge >= 0.3 is 6.18 Å². The lowest BCUT2D eigenvalue weighted by Crippen LogP contribution is -2.26. The second-order valence-corrected chi connectivity index (χ2v) is 6.80. The summed E-state index contributed by atoms with van der Waals surface area (Å²) in [5.41, 5.74) is 5.54. The van der Waals surface area contributed by atoms with E-state index >= 15 is 0 Å². The average Bonchev–Trinajstić information content (AvgIpc) is 2.75. The zero-order valence-electron chi connectivity index (χ0n) is 17.7. The lowest BCUT2D eigenvalue weighted by Gasteiger charge is -2.15. The number of anilines is 2. The monoisotopic (exact) mass is 446 g/mol. The molecule has 2 aromatic carbocycles. The molecule has 0 saturated heterocycles. The number of Topliss-reactive ketones (excluding diaryl/α,β-unsaturated/α-hetero) is 1. The molecule has 0 aliphatic heterocycles. The van der Waals surface area contributed by atoms with E-state index in [1.54, 1.807) is 38.1 Å². The first kappa shape index (κ1) is 24.7. The molecular formula is C23H25F3N4O2. The Balaban J connectivity index is 2.27. The Morgan fingerprint density at radius 3 is 2.41 bits per heavy atom. The van der Waals surface area contributed by atoms with Crippen LogP contribution in [-0.4, -0.2) is 24.1 Å². The standard InChI is InChI=1S/C23H25F3N4O2/c1-3-32-20(14-29-18-11-7-8-16(13-18)23(24,25)26)22(31)21(28)19(12-15(2)27)30-17-9-5-4-6-10-17/h4-15,28-30H,3,27H2,1-2H3/b19-12-,20-14+,28-21?. The number of benzene rings is 2. The Morgan fingerprint density at radius 1 is 1.16 bits per heavy atom.